The van der Waals surface area contributed by atoms with E-state index in [9.17, 15) is 4.39 Å². The van der Waals surface area contributed by atoms with E-state index in [0.29, 0.717) is 5.69 Å². The summed E-state index contributed by atoms with van der Waals surface area (Å²) in [7, 11) is 0. The molecule has 0 amide bonds. The minimum Gasteiger partial charge on any atom is -0.241 e. The zero-order valence-electron chi connectivity index (χ0n) is 5.51. The van der Waals surface area contributed by atoms with Crippen LogP contribution in [0.1, 0.15) is 11.4 Å². The van der Waals surface area contributed by atoms with Crippen LogP contribution in [-0.2, 0) is 5.88 Å². The number of hydrogen-bond donors (Lipinski definition) is 0. The molecule has 0 aliphatic rings. The van der Waals surface area contributed by atoms with Gasteiger partial charge in [0.15, 0.2) is 0 Å². The van der Waals surface area contributed by atoms with Crippen LogP contribution in [0.25, 0.3) is 0 Å². The van der Waals surface area contributed by atoms with E-state index in [4.69, 9.17) is 16.9 Å². The van der Waals surface area contributed by atoms with Crippen molar-refractivity contribution in [3.8, 4) is 6.07 Å². The first-order chi connectivity index (χ1) is 5.26. The van der Waals surface area contributed by atoms with E-state index in [1.807, 2.05) is 0 Å². The molecule has 0 radical (unpaired) electrons. The van der Waals surface area contributed by atoms with Crippen LogP contribution in [0.5, 0.6) is 0 Å². The Kier molecular flexibility index (Phi) is 2.40. The van der Waals surface area contributed by atoms with Gasteiger partial charge in [-0.1, -0.05) is 0 Å². The van der Waals surface area contributed by atoms with Gasteiger partial charge in [0.05, 0.1) is 11.6 Å². The van der Waals surface area contributed by atoms with Crippen LogP contribution in [0.3, 0.4) is 0 Å². The van der Waals surface area contributed by atoms with Crippen LogP contribution in [0.15, 0.2) is 12.1 Å². The second kappa shape index (κ2) is 3.31. The van der Waals surface area contributed by atoms with Gasteiger partial charge >= 0.3 is 0 Å². The monoisotopic (exact) mass is 170 g/mol. The van der Waals surface area contributed by atoms with Crippen molar-refractivity contribution in [3.05, 3.63) is 29.3 Å². The highest BCUT2D eigenvalue weighted by molar-refractivity contribution is 6.16. The van der Waals surface area contributed by atoms with Crippen LogP contribution < -0.4 is 0 Å². The molecule has 0 saturated heterocycles. The molecular weight excluding hydrogens is 167 g/mol. The molecule has 0 N–H and O–H groups in total. The molecule has 0 aliphatic carbocycles. The first-order valence-corrected chi connectivity index (χ1v) is 3.42. The topological polar surface area (TPSA) is 36.7 Å². The van der Waals surface area contributed by atoms with E-state index >= 15 is 0 Å². The Morgan fingerprint density at radius 3 is 2.91 bits per heavy atom. The first-order valence-electron chi connectivity index (χ1n) is 2.89. The standard InChI is InChI=1S/C7H4ClFN2/c8-3-6-1-5(9)2-7(4-10)11-6/h1-2H,3H2. The second-order valence-electron chi connectivity index (χ2n) is 1.91. The van der Waals surface area contributed by atoms with Gasteiger partial charge in [0.25, 0.3) is 0 Å². The molecule has 0 fully saturated rings. The Labute approximate surface area is 68.2 Å². The van der Waals surface area contributed by atoms with E-state index in [-0.39, 0.29) is 11.6 Å². The summed E-state index contributed by atoms with van der Waals surface area (Å²) in [4.78, 5) is 3.74. The number of nitriles is 1. The number of pyridine rings is 1. The van der Waals surface area contributed by atoms with Crippen molar-refractivity contribution < 1.29 is 4.39 Å². The molecule has 0 saturated carbocycles. The summed E-state index contributed by atoms with van der Waals surface area (Å²) < 4.78 is 12.6. The highest BCUT2D eigenvalue weighted by Gasteiger charge is 1.99. The molecular formula is C7H4ClFN2. The molecule has 0 aromatic carbocycles. The maximum atomic E-state index is 12.6. The molecule has 2 nitrogen and oxygen atoms in total. The summed E-state index contributed by atoms with van der Waals surface area (Å²) >= 11 is 5.39. The van der Waals surface area contributed by atoms with Gasteiger partial charge in [-0.3, -0.25) is 0 Å². The zero-order chi connectivity index (χ0) is 8.27. The Morgan fingerprint density at radius 1 is 1.64 bits per heavy atom. The van der Waals surface area contributed by atoms with Crippen molar-refractivity contribution >= 4 is 11.6 Å². The number of halogens is 2. The van der Waals surface area contributed by atoms with Gasteiger partial charge in [-0.25, -0.2) is 9.37 Å². The second-order valence-corrected chi connectivity index (χ2v) is 2.17. The van der Waals surface area contributed by atoms with Gasteiger partial charge in [-0.05, 0) is 6.07 Å². The van der Waals surface area contributed by atoms with Crippen molar-refractivity contribution in [1.82, 2.24) is 4.98 Å². The number of hydrogen-bond acceptors (Lipinski definition) is 2. The summed E-state index contributed by atoms with van der Waals surface area (Å²) in [5, 5.41) is 8.36. The van der Waals surface area contributed by atoms with E-state index in [2.05, 4.69) is 4.98 Å². The molecule has 56 valence electrons. The molecule has 0 atom stereocenters. The highest BCUT2D eigenvalue weighted by atomic mass is 35.5. The molecule has 1 aromatic heterocycles. The summed E-state index contributed by atoms with van der Waals surface area (Å²) in [6.07, 6.45) is 0. The molecule has 1 rings (SSSR count). The fraction of sp³-hybridized carbons (Fsp3) is 0.143. The zero-order valence-corrected chi connectivity index (χ0v) is 6.27. The normalized spacial score (nSPS) is 9.18. The Bertz CT molecular complexity index is 306. The molecule has 0 aliphatic heterocycles. The SMILES string of the molecule is N#Cc1cc(F)cc(CCl)n1. The lowest BCUT2D eigenvalue weighted by molar-refractivity contribution is 0.622. The van der Waals surface area contributed by atoms with Crippen LogP contribution >= 0.6 is 11.6 Å². The number of rotatable bonds is 1. The minimum absolute atomic E-state index is 0.0562. The van der Waals surface area contributed by atoms with Crippen molar-refractivity contribution in [2.75, 3.05) is 0 Å². The largest absolute Gasteiger partial charge is 0.241 e. The van der Waals surface area contributed by atoms with Crippen molar-refractivity contribution in [3.63, 3.8) is 0 Å². The number of alkyl halides is 1. The Morgan fingerprint density at radius 2 is 2.36 bits per heavy atom. The van der Waals surface area contributed by atoms with Gasteiger partial charge in [0.1, 0.15) is 17.6 Å². The molecule has 1 heterocycles. The van der Waals surface area contributed by atoms with Crippen molar-refractivity contribution in [2.24, 2.45) is 0 Å². The van der Waals surface area contributed by atoms with Crippen LogP contribution in [-0.4, -0.2) is 4.98 Å². The smallest absolute Gasteiger partial charge is 0.143 e. The molecule has 1 aromatic rings. The summed E-state index contributed by atoms with van der Waals surface area (Å²) in [5.74, 6) is -0.362. The highest BCUT2D eigenvalue weighted by Crippen LogP contribution is 2.05. The van der Waals surface area contributed by atoms with Crippen LogP contribution in [0.4, 0.5) is 4.39 Å². The lowest BCUT2D eigenvalue weighted by Gasteiger charge is -1.94. The maximum absolute atomic E-state index is 12.6. The summed E-state index contributed by atoms with van der Waals surface area (Å²) in [6.45, 7) is 0. The summed E-state index contributed by atoms with van der Waals surface area (Å²) in [5.41, 5.74) is 0.434. The average molecular weight is 171 g/mol. The lowest BCUT2D eigenvalue weighted by Crippen LogP contribution is -1.91. The average Bonchev–Trinajstić information content (AvgIpc) is 2.03. The fourth-order valence-electron chi connectivity index (χ4n) is 0.676. The maximum Gasteiger partial charge on any atom is 0.143 e. The Balaban J connectivity index is 3.15. The van der Waals surface area contributed by atoms with Crippen molar-refractivity contribution in [2.45, 2.75) is 5.88 Å². The number of aromatic nitrogens is 1. The van der Waals surface area contributed by atoms with E-state index < -0.39 is 5.82 Å². The van der Waals surface area contributed by atoms with E-state index in [1.54, 1.807) is 6.07 Å². The van der Waals surface area contributed by atoms with Gasteiger partial charge in [0.2, 0.25) is 0 Å². The van der Waals surface area contributed by atoms with Crippen LogP contribution in [0.2, 0.25) is 0 Å². The fourth-order valence-corrected chi connectivity index (χ4v) is 0.813. The predicted octanol–water partition coefficient (Wildman–Crippen LogP) is 1.83. The van der Waals surface area contributed by atoms with Gasteiger partial charge < -0.3 is 0 Å². The van der Waals surface area contributed by atoms with Crippen LogP contribution in [0, 0.1) is 17.1 Å². The predicted molar refractivity (Wildman–Crippen MR) is 38.5 cm³/mol. The molecule has 4 heteroatoms. The third-order valence-corrected chi connectivity index (χ3v) is 1.37. The Hall–Kier alpha value is -1.14. The third-order valence-electron chi connectivity index (χ3n) is 1.09. The van der Waals surface area contributed by atoms with E-state index in [1.165, 1.54) is 6.07 Å². The molecule has 0 unspecified atom stereocenters. The molecule has 0 spiro atoms. The molecule has 11 heavy (non-hydrogen) atoms. The quantitative estimate of drug-likeness (QED) is 0.603. The number of nitrogens with zero attached hydrogens (tertiary/aromatic N) is 2. The third kappa shape index (κ3) is 1.89. The van der Waals surface area contributed by atoms with Crippen molar-refractivity contribution in [1.29, 1.82) is 5.26 Å². The minimum atomic E-state index is -0.479. The lowest BCUT2D eigenvalue weighted by atomic mass is 10.3. The summed E-state index contributed by atoms with van der Waals surface area (Å²) in [6, 6.07) is 4.00. The molecule has 0 bridgehead atoms. The van der Waals surface area contributed by atoms with Gasteiger partial charge in [-0.2, -0.15) is 5.26 Å². The first kappa shape index (κ1) is 7.96. The van der Waals surface area contributed by atoms with Gasteiger partial charge in [-0.15, -0.1) is 11.6 Å². The van der Waals surface area contributed by atoms with E-state index in [0.717, 1.165) is 6.07 Å². The van der Waals surface area contributed by atoms with Gasteiger partial charge in [0, 0.05) is 6.07 Å².